The maximum atomic E-state index is 5.48. The van der Waals surface area contributed by atoms with Gasteiger partial charge in [-0.2, -0.15) is 0 Å². The summed E-state index contributed by atoms with van der Waals surface area (Å²) < 4.78 is 6.12. The van der Waals surface area contributed by atoms with Gasteiger partial charge < -0.3 is 10.5 Å². The molecule has 88 valence electrons. The summed E-state index contributed by atoms with van der Waals surface area (Å²) in [5, 5.41) is 0. The molecule has 1 aromatic carbocycles. The van der Waals surface area contributed by atoms with E-state index in [0.717, 1.165) is 16.8 Å². The monoisotopic (exact) mass is 302 g/mol. The number of benzene rings is 1. The van der Waals surface area contributed by atoms with Crippen LogP contribution in [0.1, 0.15) is 5.56 Å². The number of nitrogens with zero attached hydrogens (tertiary/aromatic N) is 1. The van der Waals surface area contributed by atoms with Crippen LogP contribution in [0.4, 0.5) is 0 Å². The number of ether oxygens (including phenoxy) is 1. The molecule has 0 bridgehead atoms. The van der Waals surface area contributed by atoms with Gasteiger partial charge in [0.15, 0.2) is 0 Å². The van der Waals surface area contributed by atoms with Crippen LogP contribution in [0.3, 0.4) is 0 Å². The van der Waals surface area contributed by atoms with E-state index in [-0.39, 0.29) is 0 Å². The SMILES string of the molecule is COc1ccc(CN(C)CC(N)=S)cc1Br. The minimum atomic E-state index is 0.509. The van der Waals surface area contributed by atoms with E-state index in [2.05, 4.69) is 20.8 Å². The maximum Gasteiger partial charge on any atom is 0.133 e. The van der Waals surface area contributed by atoms with Gasteiger partial charge in [-0.1, -0.05) is 18.3 Å². The number of rotatable bonds is 5. The Balaban J connectivity index is 2.67. The van der Waals surface area contributed by atoms with Crippen LogP contribution in [0.25, 0.3) is 0 Å². The van der Waals surface area contributed by atoms with Crippen molar-refractivity contribution in [3.8, 4) is 5.75 Å². The first-order chi connectivity index (χ1) is 7.52. The molecule has 0 aliphatic rings. The van der Waals surface area contributed by atoms with Crippen molar-refractivity contribution >= 4 is 33.1 Å². The number of likely N-dealkylation sites (N-methyl/N-ethyl adjacent to an activating group) is 1. The Bertz CT molecular complexity index is 384. The smallest absolute Gasteiger partial charge is 0.133 e. The molecule has 0 aliphatic carbocycles. The summed E-state index contributed by atoms with van der Waals surface area (Å²) in [6, 6.07) is 6.00. The zero-order valence-corrected chi connectivity index (χ0v) is 11.8. The van der Waals surface area contributed by atoms with Crippen LogP contribution in [0.5, 0.6) is 5.75 Å². The van der Waals surface area contributed by atoms with Crippen molar-refractivity contribution in [2.75, 3.05) is 20.7 Å². The third-order valence-corrected chi connectivity index (χ3v) is 2.84. The van der Waals surface area contributed by atoms with Crippen molar-refractivity contribution in [2.24, 2.45) is 5.73 Å². The molecule has 16 heavy (non-hydrogen) atoms. The van der Waals surface area contributed by atoms with Gasteiger partial charge in [-0.15, -0.1) is 0 Å². The lowest BCUT2D eigenvalue weighted by Crippen LogP contribution is -2.28. The Kier molecular flexibility index (Phi) is 5.18. The highest BCUT2D eigenvalue weighted by Gasteiger charge is 2.04. The van der Waals surface area contributed by atoms with Crippen molar-refractivity contribution in [3.63, 3.8) is 0 Å². The largest absolute Gasteiger partial charge is 0.496 e. The summed E-state index contributed by atoms with van der Waals surface area (Å²) >= 11 is 8.31. The molecule has 0 radical (unpaired) electrons. The van der Waals surface area contributed by atoms with E-state index in [4.69, 9.17) is 22.7 Å². The number of nitrogens with two attached hydrogens (primary N) is 1. The molecule has 0 saturated carbocycles. The molecule has 1 rings (SSSR count). The van der Waals surface area contributed by atoms with E-state index in [1.807, 2.05) is 25.2 Å². The first-order valence-corrected chi connectivity index (χ1v) is 6.02. The highest BCUT2D eigenvalue weighted by Crippen LogP contribution is 2.25. The normalized spacial score (nSPS) is 10.5. The maximum absolute atomic E-state index is 5.48. The zero-order chi connectivity index (χ0) is 12.1. The summed E-state index contributed by atoms with van der Waals surface area (Å²) in [5.74, 6) is 0.834. The van der Waals surface area contributed by atoms with Gasteiger partial charge in [0.1, 0.15) is 5.75 Å². The molecule has 0 spiro atoms. The molecule has 1 aromatic rings. The fourth-order valence-electron chi connectivity index (χ4n) is 1.44. The predicted molar refractivity (Wildman–Crippen MR) is 73.8 cm³/mol. The highest BCUT2D eigenvalue weighted by atomic mass is 79.9. The van der Waals surface area contributed by atoms with E-state index in [0.29, 0.717) is 11.5 Å². The van der Waals surface area contributed by atoms with Gasteiger partial charge in [0.05, 0.1) is 16.6 Å². The van der Waals surface area contributed by atoms with Crippen molar-refractivity contribution in [3.05, 3.63) is 28.2 Å². The molecule has 0 aliphatic heterocycles. The Labute approximate surface area is 110 Å². The zero-order valence-electron chi connectivity index (χ0n) is 9.37. The molecular weight excluding hydrogens is 288 g/mol. The molecule has 0 heterocycles. The lowest BCUT2D eigenvalue weighted by atomic mass is 10.2. The fraction of sp³-hybridized carbons (Fsp3) is 0.364. The molecule has 0 amide bonds. The number of halogens is 1. The Morgan fingerprint density at radius 2 is 2.25 bits per heavy atom. The predicted octanol–water partition coefficient (Wildman–Crippen LogP) is 2.18. The second-order valence-electron chi connectivity index (χ2n) is 3.61. The van der Waals surface area contributed by atoms with Gasteiger partial charge in [0.2, 0.25) is 0 Å². The molecule has 0 fully saturated rings. The third-order valence-electron chi connectivity index (χ3n) is 2.09. The van der Waals surface area contributed by atoms with Crippen LogP contribution in [0.2, 0.25) is 0 Å². The molecule has 0 unspecified atom stereocenters. The Morgan fingerprint density at radius 3 is 2.75 bits per heavy atom. The average Bonchev–Trinajstić information content (AvgIpc) is 2.16. The Hall–Kier alpha value is -0.650. The molecule has 2 N–H and O–H groups in total. The lowest BCUT2D eigenvalue weighted by molar-refractivity contribution is 0.373. The molecule has 0 aromatic heterocycles. The molecule has 0 atom stereocenters. The topological polar surface area (TPSA) is 38.5 Å². The van der Waals surface area contributed by atoms with E-state index < -0.39 is 0 Å². The summed E-state index contributed by atoms with van der Waals surface area (Å²) in [6.45, 7) is 1.43. The fourth-order valence-corrected chi connectivity index (χ4v) is 2.25. The second-order valence-corrected chi connectivity index (χ2v) is 4.99. The van der Waals surface area contributed by atoms with E-state index in [9.17, 15) is 0 Å². The van der Waals surface area contributed by atoms with Crippen LogP contribution >= 0.6 is 28.1 Å². The summed E-state index contributed by atoms with van der Waals surface area (Å²) in [5.41, 5.74) is 6.67. The first kappa shape index (κ1) is 13.4. The van der Waals surface area contributed by atoms with Crippen LogP contribution < -0.4 is 10.5 Å². The summed E-state index contributed by atoms with van der Waals surface area (Å²) in [6.07, 6.45) is 0. The van der Waals surface area contributed by atoms with Crippen molar-refractivity contribution in [1.82, 2.24) is 4.90 Å². The van der Waals surface area contributed by atoms with Gasteiger partial charge in [-0.3, -0.25) is 4.90 Å². The lowest BCUT2D eigenvalue weighted by Gasteiger charge is -2.16. The van der Waals surface area contributed by atoms with Gasteiger partial charge in [-0.25, -0.2) is 0 Å². The summed E-state index contributed by atoms with van der Waals surface area (Å²) in [4.78, 5) is 2.58. The van der Waals surface area contributed by atoms with E-state index in [1.165, 1.54) is 5.56 Å². The Morgan fingerprint density at radius 1 is 1.56 bits per heavy atom. The van der Waals surface area contributed by atoms with Crippen LogP contribution in [0.15, 0.2) is 22.7 Å². The number of hydrogen-bond acceptors (Lipinski definition) is 3. The molecular formula is C11H15BrN2OS. The first-order valence-electron chi connectivity index (χ1n) is 4.82. The number of thiocarbonyl (C=S) groups is 1. The molecule has 0 saturated heterocycles. The number of hydrogen-bond donors (Lipinski definition) is 1. The van der Waals surface area contributed by atoms with Crippen molar-refractivity contribution in [2.45, 2.75) is 6.54 Å². The standard InChI is InChI=1S/C11H15BrN2OS/c1-14(7-11(13)16)6-8-3-4-10(15-2)9(12)5-8/h3-5H,6-7H2,1-2H3,(H2,13,16). The van der Waals surface area contributed by atoms with Gasteiger partial charge in [0.25, 0.3) is 0 Å². The second kappa shape index (κ2) is 6.18. The van der Waals surface area contributed by atoms with E-state index >= 15 is 0 Å². The minimum Gasteiger partial charge on any atom is -0.496 e. The highest BCUT2D eigenvalue weighted by molar-refractivity contribution is 9.10. The van der Waals surface area contributed by atoms with Gasteiger partial charge in [-0.05, 0) is 40.7 Å². The third kappa shape index (κ3) is 4.08. The van der Waals surface area contributed by atoms with Gasteiger partial charge >= 0.3 is 0 Å². The van der Waals surface area contributed by atoms with Crippen LogP contribution in [-0.2, 0) is 6.54 Å². The van der Waals surface area contributed by atoms with Crippen LogP contribution in [-0.4, -0.2) is 30.6 Å². The van der Waals surface area contributed by atoms with Crippen molar-refractivity contribution < 1.29 is 4.74 Å². The van der Waals surface area contributed by atoms with Crippen LogP contribution in [0, 0.1) is 0 Å². The van der Waals surface area contributed by atoms with Crippen molar-refractivity contribution in [1.29, 1.82) is 0 Å². The average molecular weight is 303 g/mol. The summed E-state index contributed by atoms with van der Waals surface area (Å²) in [7, 11) is 3.63. The van der Waals surface area contributed by atoms with E-state index in [1.54, 1.807) is 7.11 Å². The molecule has 3 nitrogen and oxygen atoms in total. The number of methoxy groups -OCH3 is 1. The van der Waals surface area contributed by atoms with Gasteiger partial charge in [0, 0.05) is 13.1 Å². The molecule has 5 heteroatoms. The minimum absolute atomic E-state index is 0.509. The quantitative estimate of drug-likeness (QED) is 0.846.